The lowest BCUT2D eigenvalue weighted by atomic mass is 10.1. The molecule has 0 aliphatic rings. The molecule has 0 spiro atoms. The summed E-state index contributed by atoms with van der Waals surface area (Å²) in [6.45, 7) is 0.355. The lowest BCUT2D eigenvalue weighted by Crippen LogP contribution is -2.31. The zero-order valence-electron chi connectivity index (χ0n) is 15.3. The van der Waals surface area contributed by atoms with Crippen LogP contribution < -0.4 is 10.1 Å². The number of ether oxygens (including phenoxy) is 1. The Morgan fingerprint density at radius 2 is 1.82 bits per heavy atom. The van der Waals surface area contributed by atoms with Crippen LogP contribution in [0.4, 0.5) is 0 Å². The van der Waals surface area contributed by atoms with Gasteiger partial charge in [-0.05, 0) is 24.1 Å². The second-order valence-electron chi connectivity index (χ2n) is 6.07. The molecule has 0 atom stereocenters. The fourth-order valence-corrected chi connectivity index (χ4v) is 4.83. The van der Waals surface area contributed by atoms with E-state index in [0.717, 1.165) is 28.2 Å². The van der Waals surface area contributed by atoms with Crippen molar-refractivity contribution in [3.8, 4) is 17.0 Å². The number of carbonyl (C=O) groups is 1. The maximum atomic E-state index is 12.5. The van der Waals surface area contributed by atoms with E-state index in [-0.39, 0.29) is 4.34 Å². The fraction of sp³-hybridized carbons (Fsp3) is 0.200. The monoisotopic (exact) mass is 416 g/mol. The van der Waals surface area contributed by atoms with Gasteiger partial charge in [-0.2, -0.15) is 0 Å². The molecule has 28 heavy (non-hydrogen) atoms. The van der Waals surface area contributed by atoms with E-state index >= 15 is 0 Å². The zero-order valence-corrected chi connectivity index (χ0v) is 16.9. The van der Waals surface area contributed by atoms with E-state index in [1.54, 1.807) is 12.5 Å². The van der Waals surface area contributed by atoms with Crippen molar-refractivity contribution in [3.63, 3.8) is 0 Å². The molecule has 0 saturated heterocycles. The molecule has 0 unspecified atom stereocenters. The second kappa shape index (κ2) is 8.99. The van der Waals surface area contributed by atoms with E-state index < -0.39 is 21.5 Å². The molecular formula is C20H20N2O4S2. The van der Waals surface area contributed by atoms with Gasteiger partial charge in [0.05, 0.1) is 12.8 Å². The van der Waals surface area contributed by atoms with E-state index in [4.69, 9.17) is 4.74 Å². The molecular weight excluding hydrogens is 396 g/mol. The minimum Gasteiger partial charge on any atom is -0.497 e. The molecule has 8 heteroatoms. The number of thiazole rings is 1. The van der Waals surface area contributed by atoms with E-state index in [1.807, 2.05) is 54.6 Å². The van der Waals surface area contributed by atoms with Crippen LogP contribution in [-0.4, -0.2) is 38.7 Å². The normalized spacial score (nSPS) is 11.2. The summed E-state index contributed by atoms with van der Waals surface area (Å²) >= 11 is 1.03. The topological polar surface area (TPSA) is 85.4 Å². The minimum atomic E-state index is -3.77. The summed E-state index contributed by atoms with van der Waals surface area (Å²) in [5.74, 6) is -0.390. The van der Waals surface area contributed by atoms with E-state index in [9.17, 15) is 13.2 Å². The summed E-state index contributed by atoms with van der Waals surface area (Å²) in [6, 6.07) is 16.8. The Hall–Kier alpha value is -2.71. The first-order chi connectivity index (χ1) is 13.5. The standard InChI is InChI=1S/C20H20N2O4S2/c1-26-17-9-7-15(8-10-17)11-12-21-19(23)14-28(24,25)20-22-18(13-27-20)16-5-3-2-4-6-16/h2-10,13H,11-12,14H2,1H3,(H,21,23). The molecule has 1 amide bonds. The lowest BCUT2D eigenvalue weighted by Gasteiger charge is -2.06. The predicted octanol–water partition coefficient (Wildman–Crippen LogP) is 2.95. The molecule has 3 rings (SSSR count). The van der Waals surface area contributed by atoms with Crippen molar-refractivity contribution in [2.45, 2.75) is 10.8 Å². The van der Waals surface area contributed by atoms with Crippen LogP contribution in [0, 0.1) is 0 Å². The van der Waals surface area contributed by atoms with Crippen LogP contribution in [0.15, 0.2) is 64.3 Å². The van der Waals surface area contributed by atoms with Gasteiger partial charge in [-0.15, -0.1) is 11.3 Å². The first-order valence-electron chi connectivity index (χ1n) is 8.61. The average molecular weight is 417 g/mol. The molecule has 1 aromatic heterocycles. The Labute approximate surface area is 168 Å². The smallest absolute Gasteiger partial charge is 0.235 e. The zero-order chi connectivity index (χ0) is 20.0. The molecule has 6 nitrogen and oxygen atoms in total. The van der Waals surface area contributed by atoms with Crippen LogP contribution >= 0.6 is 11.3 Å². The lowest BCUT2D eigenvalue weighted by molar-refractivity contribution is -0.118. The Kier molecular flexibility index (Phi) is 6.43. The van der Waals surface area contributed by atoms with Crippen molar-refractivity contribution in [1.82, 2.24) is 10.3 Å². The van der Waals surface area contributed by atoms with Gasteiger partial charge in [-0.1, -0.05) is 42.5 Å². The molecule has 1 N–H and O–H groups in total. The molecule has 0 aliphatic heterocycles. The minimum absolute atomic E-state index is 0.0448. The van der Waals surface area contributed by atoms with E-state index in [2.05, 4.69) is 10.3 Å². The maximum absolute atomic E-state index is 12.5. The molecule has 0 radical (unpaired) electrons. The number of hydrogen-bond acceptors (Lipinski definition) is 6. The van der Waals surface area contributed by atoms with Crippen LogP contribution in [-0.2, 0) is 21.1 Å². The summed E-state index contributed by atoms with van der Waals surface area (Å²) in [7, 11) is -2.17. The number of benzene rings is 2. The number of nitrogens with zero attached hydrogens (tertiary/aromatic N) is 1. The largest absolute Gasteiger partial charge is 0.497 e. The van der Waals surface area contributed by atoms with Gasteiger partial charge in [0, 0.05) is 17.5 Å². The third-order valence-corrected chi connectivity index (χ3v) is 6.98. The van der Waals surface area contributed by atoms with Gasteiger partial charge >= 0.3 is 0 Å². The SMILES string of the molecule is COc1ccc(CCNC(=O)CS(=O)(=O)c2nc(-c3ccccc3)cs2)cc1. The van der Waals surface area contributed by atoms with E-state index in [0.29, 0.717) is 18.7 Å². The quantitative estimate of drug-likeness (QED) is 0.610. The second-order valence-corrected chi connectivity index (χ2v) is 9.09. The van der Waals surface area contributed by atoms with Gasteiger partial charge < -0.3 is 10.1 Å². The van der Waals surface area contributed by atoms with Crippen LogP contribution in [0.5, 0.6) is 5.75 Å². The third kappa shape index (κ3) is 5.17. The van der Waals surface area contributed by atoms with Crippen LogP contribution in [0.3, 0.4) is 0 Å². The van der Waals surface area contributed by atoms with Crippen LogP contribution in [0.2, 0.25) is 0 Å². The van der Waals surface area contributed by atoms with E-state index in [1.165, 1.54) is 0 Å². The molecule has 0 saturated carbocycles. The maximum Gasteiger partial charge on any atom is 0.235 e. The molecule has 3 aromatic rings. The fourth-order valence-electron chi connectivity index (χ4n) is 2.57. The Balaban J connectivity index is 1.54. The highest BCUT2D eigenvalue weighted by atomic mass is 32.2. The number of hydrogen-bond donors (Lipinski definition) is 1. The molecule has 0 bridgehead atoms. The van der Waals surface area contributed by atoms with Crippen molar-refractivity contribution in [2.24, 2.45) is 0 Å². The highest BCUT2D eigenvalue weighted by Crippen LogP contribution is 2.25. The van der Waals surface area contributed by atoms with Gasteiger partial charge in [0.25, 0.3) is 0 Å². The summed E-state index contributed by atoms with van der Waals surface area (Å²) in [4.78, 5) is 16.3. The van der Waals surface area contributed by atoms with Crippen molar-refractivity contribution >= 4 is 27.1 Å². The number of carbonyl (C=O) groups excluding carboxylic acids is 1. The predicted molar refractivity (Wildman–Crippen MR) is 109 cm³/mol. The number of nitrogens with one attached hydrogen (secondary N) is 1. The highest BCUT2D eigenvalue weighted by molar-refractivity contribution is 7.94. The number of sulfone groups is 1. The van der Waals surface area contributed by atoms with Gasteiger partial charge in [-0.3, -0.25) is 4.79 Å². The molecule has 0 aliphatic carbocycles. The van der Waals surface area contributed by atoms with Crippen molar-refractivity contribution < 1.29 is 17.9 Å². The number of methoxy groups -OCH3 is 1. The third-order valence-electron chi connectivity index (χ3n) is 4.03. The van der Waals surface area contributed by atoms with Crippen LogP contribution in [0.1, 0.15) is 5.56 Å². The first kappa shape index (κ1) is 20.0. The summed E-state index contributed by atoms with van der Waals surface area (Å²) in [5.41, 5.74) is 2.45. The molecule has 146 valence electrons. The average Bonchev–Trinajstić information content (AvgIpc) is 3.20. The van der Waals surface area contributed by atoms with Crippen molar-refractivity contribution in [1.29, 1.82) is 0 Å². The van der Waals surface area contributed by atoms with Crippen molar-refractivity contribution in [3.05, 3.63) is 65.5 Å². The number of rotatable bonds is 8. The van der Waals surface area contributed by atoms with Gasteiger partial charge in [0.2, 0.25) is 20.1 Å². The number of aromatic nitrogens is 1. The summed E-state index contributed by atoms with van der Waals surface area (Å²) < 4.78 is 30.0. The highest BCUT2D eigenvalue weighted by Gasteiger charge is 2.23. The van der Waals surface area contributed by atoms with Crippen molar-refractivity contribution in [2.75, 3.05) is 19.4 Å². The van der Waals surface area contributed by atoms with Gasteiger partial charge in [0.15, 0.2) is 0 Å². The number of amides is 1. The molecule has 2 aromatic carbocycles. The van der Waals surface area contributed by atoms with Crippen LogP contribution in [0.25, 0.3) is 11.3 Å². The Bertz CT molecular complexity index is 1030. The van der Waals surface area contributed by atoms with Gasteiger partial charge in [0.1, 0.15) is 11.5 Å². The summed E-state index contributed by atoms with van der Waals surface area (Å²) in [5, 5.41) is 4.34. The van der Waals surface area contributed by atoms with Gasteiger partial charge in [-0.25, -0.2) is 13.4 Å². The Morgan fingerprint density at radius 1 is 1.11 bits per heavy atom. The Morgan fingerprint density at radius 3 is 2.50 bits per heavy atom. The molecule has 1 heterocycles. The summed E-state index contributed by atoms with van der Waals surface area (Å²) in [6.07, 6.45) is 0.602. The first-order valence-corrected chi connectivity index (χ1v) is 11.1. The molecule has 0 fully saturated rings.